The third kappa shape index (κ3) is 6.65. The van der Waals surface area contributed by atoms with Crippen molar-refractivity contribution in [2.45, 2.75) is 37.0 Å². The average molecular weight is 416 g/mol. The van der Waals surface area contributed by atoms with E-state index in [0.29, 0.717) is 6.61 Å². The quantitative estimate of drug-likeness (QED) is 0.537. The van der Waals surface area contributed by atoms with Crippen LogP contribution >= 0.6 is 0 Å². The van der Waals surface area contributed by atoms with Crippen LogP contribution in [0.5, 0.6) is 0 Å². The molecule has 0 saturated carbocycles. The Kier molecular flexibility index (Phi) is 8.79. The first-order valence-electron chi connectivity index (χ1n) is 9.50. The Balaban J connectivity index is 2.25. The molecule has 0 bridgehead atoms. The number of sulfonamides is 1. The van der Waals surface area contributed by atoms with Crippen molar-refractivity contribution in [2.75, 3.05) is 13.2 Å². The molecular weight excluding hydrogens is 386 g/mol. The van der Waals surface area contributed by atoms with E-state index in [2.05, 4.69) is 13.2 Å². The standard InChI is InChI=1S/C23H29NO4S/c1-4-15-24(29(26,27)23-13-11-19(3)12-14-23)21(16-22(25)5-2)18-28-17-20-9-7-6-8-10-20/h4-14,21-22,25H,1-2,15-18H2,3H3/t21-,22-/m0/s1. The van der Waals surface area contributed by atoms with E-state index < -0.39 is 22.2 Å². The highest BCUT2D eigenvalue weighted by Gasteiger charge is 2.31. The fourth-order valence-corrected chi connectivity index (χ4v) is 4.54. The Labute approximate surface area is 174 Å². The van der Waals surface area contributed by atoms with Gasteiger partial charge in [-0.2, -0.15) is 4.31 Å². The van der Waals surface area contributed by atoms with Crippen LogP contribution in [0.3, 0.4) is 0 Å². The molecule has 6 heteroatoms. The Bertz CT molecular complexity index is 879. The van der Waals surface area contributed by atoms with Crippen molar-refractivity contribution in [1.29, 1.82) is 0 Å². The molecular formula is C23H29NO4S. The van der Waals surface area contributed by atoms with E-state index in [1.54, 1.807) is 24.3 Å². The maximum absolute atomic E-state index is 13.3. The lowest BCUT2D eigenvalue weighted by atomic mass is 10.1. The molecule has 0 aliphatic rings. The molecule has 0 aliphatic carbocycles. The fraction of sp³-hybridized carbons (Fsp3) is 0.304. The Morgan fingerprint density at radius 2 is 1.76 bits per heavy atom. The first-order valence-corrected chi connectivity index (χ1v) is 10.9. The van der Waals surface area contributed by atoms with Crippen LogP contribution in [0.1, 0.15) is 17.5 Å². The van der Waals surface area contributed by atoms with Gasteiger partial charge in [-0.05, 0) is 31.0 Å². The normalized spacial score (nSPS) is 13.8. The van der Waals surface area contributed by atoms with E-state index in [9.17, 15) is 13.5 Å². The highest BCUT2D eigenvalue weighted by Crippen LogP contribution is 2.22. The smallest absolute Gasteiger partial charge is 0.243 e. The number of aliphatic hydroxyl groups excluding tert-OH is 1. The monoisotopic (exact) mass is 415 g/mol. The van der Waals surface area contributed by atoms with E-state index in [1.807, 2.05) is 37.3 Å². The number of benzene rings is 2. The van der Waals surface area contributed by atoms with Gasteiger partial charge in [-0.1, -0.05) is 60.2 Å². The van der Waals surface area contributed by atoms with Gasteiger partial charge in [-0.3, -0.25) is 0 Å². The van der Waals surface area contributed by atoms with Gasteiger partial charge in [0.05, 0.1) is 30.3 Å². The lowest BCUT2D eigenvalue weighted by molar-refractivity contribution is 0.0610. The predicted molar refractivity (Wildman–Crippen MR) is 116 cm³/mol. The molecule has 2 aromatic rings. The van der Waals surface area contributed by atoms with E-state index in [1.165, 1.54) is 16.5 Å². The average Bonchev–Trinajstić information content (AvgIpc) is 2.72. The first kappa shape index (κ1) is 23.0. The van der Waals surface area contributed by atoms with Crippen LogP contribution in [-0.4, -0.2) is 43.1 Å². The minimum Gasteiger partial charge on any atom is -0.389 e. The molecule has 2 aromatic carbocycles. The zero-order chi connectivity index (χ0) is 21.3. The van der Waals surface area contributed by atoms with E-state index in [4.69, 9.17) is 4.74 Å². The van der Waals surface area contributed by atoms with Crippen LogP contribution < -0.4 is 0 Å². The van der Waals surface area contributed by atoms with E-state index >= 15 is 0 Å². The molecule has 0 aliphatic heterocycles. The van der Waals surface area contributed by atoms with Crippen molar-refractivity contribution in [2.24, 2.45) is 0 Å². The molecule has 0 amide bonds. The predicted octanol–water partition coefficient (Wildman–Crippen LogP) is 3.69. The maximum atomic E-state index is 13.3. The number of nitrogens with zero attached hydrogens (tertiary/aromatic N) is 1. The molecule has 0 unspecified atom stereocenters. The van der Waals surface area contributed by atoms with Crippen molar-refractivity contribution in [3.8, 4) is 0 Å². The zero-order valence-electron chi connectivity index (χ0n) is 16.8. The topological polar surface area (TPSA) is 66.8 Å². The summed E-state index contributed by atoms with van der Waals surface area (Å²) in [6.07, 6.45) is 2.27. The van der Waals surface area contributed by atoms with Gasteiger partial charge in [0.15, 0.2) is 0 Å². The van der Waals surface area contributed by atoms with Gasteiger partial charge < -0.3 is 9.84 Å². The van der Waals surface area contributed by atoms with Gasteiger partial charge in [-0.15, -0.1) is 13.2 Å². The molecule has 0 aromatic heterocycles. The summed E-state index contributed by atoms with van der Waals surface area (Å²) in [5.74, 6) is 0. The molecule has 2 rings (SSSR count). The van der Waals surface area contributed by atoms with Crippen LogP contribution in [0, 0.1) is 6.92 Å². The second-order valence-electron chi connectivity index (χ2n) is 6.87. The second-order valence-corrected chi connectivity index (χ2v) is 8.76. The van der Waals surface area contributed by atoms with Crippen LogP contribution in [0.25, 0.3) is 0 Å². The van der Waals surface area contributed by atoms with Crippen LogP contribution in [0.2, 0.25) is 0 Å². The second kappa shape index (κ2) is 11.1. The number of ether oxygens (including phenoxy) is 1. The summed E-state index contributed by atoms with van der Waals surface area (Å²) in [7, 11) is -3.79. The molecule has 0 heterocycles. The summed E-state index contributed by atoms with van der Waals surface area (Å²) in [6, 6.07) is 15.8. The maximum Gasteiger partial charge on any atom is 0.243 e. The van der Waals surface area contributed by atoms with Crippen molar-refractivity contribution in [3.05, 3.63) is 91.0 Å². The number of rotatable bonds is 12. The largest absolute Gasteiger partial charge is 0.389 e. The Morgan fingerprint density at radius 1 is 1.10 bits per heavy atom. The third-order valence-corrected chi connectivity index (χ3v) is 6.48. The minimum atomic E-state index is -3.79. The van der Waals surface area contributed by atoms with Gasteiger partial charge in [-0.25, -0.2) is 8.42 Å². The van der Waals surface area contributed by atoms with Crippen LogP contribution in [-0.2, 0) is 21.4 Å². The number of hydrogen-bond donors (Lipinski definition) is 1. The highest BCUT2D eigenvalue weighted by atomic mass is 32.2. The molecule has 0 spiro atoms. The lowest BCUT2D eigenvalue weighted by Gasteiger charge is -2.31. The van der Waals surface area contributed by atoms with E-state index in [0.717, 1.165) is 11.1 Å². The Hall–Kier alpha value is -2.25. The van der Waals surface area contributed by atoms with Gasteiger partial charge in [0, 0.05) is 6.54 Å². The first-order chi connectivity index (χ1) is 13.9. The third-order valence-electron chi connectivity index (χ3n) is 4.55. The molecule has 0 fully saturated rings. The SMILES string of the molecule is C=CCN([C@H](COCc1ccccc1)C[C@@H](O)C=C)S(=O)(=O)c1ccc(C)cc1. The fourth-order valence-electron chi connectivity index (χ4n) is 2.95. The van der Waals surface area contributed by atoms with Crippen LogP contribution in [0.4, 0.5) is 0 Å². The van der Waals surface area contributed by atoms with Gasteiger partial charge >= 0.3 is 0 Å². The number of hydrogen-bond acceptors (Lipinski definition) is 4. The van der Waals surface area contributed by atoms with Crippen molar-refractivity contribution >= 4 is 10.0 Å². The van der Waals surface area contributed by atoms with Gasteiger partial charge in [0.2, 0.25) is 10.0 Å². The van der Waals surface area contributed by atoms with Gasteiger partial charge in [0.1, 0.15) is 0 Å². The van der Waals surface area contributed by atoms with E-state index in [-0.39, 0.29) is 24.5 Å². The van der Waals surface area contributed by atoms with Crippen LogP contribution in [0.15, 0.2) is 84.8 Å². The van der Waals surface area contributed by atoms with Crippen molar-refractivity contribution in [3.63, 3.8) is 0 Å². The van der Waals surface area contributed by atoms with Gasteiger partial charge in [0.25, 0.3) is 0 Å². The summed E-state index contributed by atoms with van der Waals surface area (Å²) in [5.41, 5.74) is 1.97. The summed E-state index contributed by atoms with van der Waals surface area (Å²) in [6.45, 7) is 9.80. The lowest BCUT2D eigenvalue weighted by Crippen LogP contribution is -2.44. The molecule has 29 heavy (non-hydrogen) atoms. The minimum absolute atomic E-state index is 0.111. The molecule has 5 nitrogen and oxygen atoms in total. The van der Waals surface area contributed by atoms with Crippen molar-refractivity contribution < 1.29 is 18.3 Å². The highest BCUT2D eigenvalue weighted by molar-refractivity contribution is 7.89. The molecule has 0 saturated heterocycles. The summed E-state index contributed by atoms with van der Waals surface area (Å²) in [4.78, 5) is 0.200. The summed E-state index contributed by atoms with van der Waals surface area (Å²) < 4.78 is 33.7. The molecule has 2 atom stereocenters. The number of aryl methyl sites for hydroxylation is 1. The molecule has 1 N–H and O–H groups in total. The molecule has 156 valence electrons. The molecule has 0 radical (unpaired) electrons. The summed E-state index contributed by atoms with van der Waals surface area (Å²) >= 11 is 0. The summed E-state index contributed by atoms with van der Waals surface area (Å²) in [5, 5.41) is 10.1. The Morgan fingerprint density at radius 3 is 2.34 bits per heavy atom. The zero-order valence-corrected chi connectivity index (χ0v) is 17.6. The van der Waals surface area contributed by atoms with Crippen molar-refractivity contribution in [1.82, 2.24) is 4.31 Å². The number of aliphatic hydroxyl groups is 1.